The average Bonchev–Trinajstić information content (AvgIpc) is 3.61. The molecule has 81 heavy (non-hydrogen) atoms. The highest BCUT2D eigenvalue weighted by Crippen LogP contribution is 2.44. The van der Waals surface area contributed by atoms with Crippen LogP contribution in [0.2, 0.25) is 0 Å². The summed E-state index contributed by atoms with van der Waals surface area (Å²) < 4.78 is 38.4. The van der Waals surface area contributed by atoms with Gasteiger partial charge in [-0.05, 0) is 105 Å². The number of carbonyl (C=O) groups excluding carboxylic acids is 6. The smallest absolute Gasteiger partial charge is 0.412 e. The van der Waals surface area contributed by atoms with Gasteiger partial charge in [-0.25, -0.2) is 4.79 Å². The van der Waals surface area contributed by atoms with E-state index in [-0.39, 0.29) is 98.1 Å². The molecule has 4 atom stereocenters. The quantitative estimate of drug-likeness (QED) is 0.0140. The minimum atomic E-state index is -0.894. The van der Waals surface area contributed by atoms with Crippen molar-refractivity contribution in [2.45, 2.75) is 143 Å². The van der Waals surface area contributed by atoms with Crippen LogP contribution in [-0.2, 0) is 38.0 Å². The fraction of sp³-hybridized carbons (Fsp3) is 0.492. The molecule has 0 spiro atoms. The summed E-state index contributed by atoms with van der Waals surface area (Å²) in [5.74, 6) is -2.04. The van der Waals surface area contributed by atoms with Crippen LogP contribution in [0.25, 0.3) is 11.1 Å². The van der Waals surface area contributed by atoms with E-state index < -0.39 is 40.4 Å². The number of terminal acetylenes is 1. The minimum absolute atomic E-state index is 0.0123. The average molecular weight is 1120 g/mol. The number of carbonyl (C=O) groups is 6. The highest BCUT2D eigenvalue weighted by molar-refractivity contribution is 6.35. The van der Waals surface area contributed by atoms with Crippen LogP contribution in [0.5, 0.6) is 0 Å². The van der Waals surface area contributed by atoms with Crippen LogP contribution in [-0.4, -0.2) is 143 Å². The highest BCUT2D eigenvalue weighted by atomic mass is 16.6. The maximum absolute atomic E-state index is 14.4. The standard InChI is InChI=1S/C45H47N3O10.C13H29NO2.C3H8O2.C2H2/c1-25(22-44(3,4)57-21-20-55-7)58-45(5,6)26(2)47-24-56-43(54)48-34-19-17-28(36-38(34)42(53)32-15-11-9-13-30(32)40(36)51)27-16-18-33(46-23-49)37-35(27)39(50)29-12-8-10-14-31(29)41(37)52;1-7-8-12(3)16-13(4,5)9-11(2)14-10-15-6;1-5-3-2-4;1-2/h8-19,23,25-26,47H,20-22,24H2,1-7H3,(H,46,49)(H,48,54);11-12,14H,7-10H2,1-6H3;4H,2-3H2,1H3;1-2H. The number of hydrogen-bond acceptors (Lipinski definition) is 16. The van der Waals surface area contributed by atoms with Gasteiger partial charge in [0.1, 0.15) is 6.73 Å². The molecule has 0 aliphatic heterocycles. The van der Waals surface area contributed by atoms with Gasteiger partial charge in [0.15, 0.2) is 23.1 Å². The number of aliphatic hydroxyl groups excluding tert-OH is 1. The van der Waals surface area contributed by atoms with Crippen molar-refractivity contribution in [3.05, 3.63) is 117 Å². The van der Waals surface area contributed by atoms with Gasteiger partial charge < -0.3 is 43.6 Å². The number of fused-ring (bicyclic) bond motifs is 4. The summed E-state index contributed by atoms with van der Waals surface area (Å²) in [7, 11) is 4.87. The molecule has 0 heterocycles. The van der Waals surface area contributed by atoms with E-state index in [1.54, 1.807) is 45.6 Å². The third kappa shape index (κ3) is 19.3. The van der Waals surface area contributed by atoms with E-state index in [0.717, 1.165) is 12.8 Å². The van der Waals surface area contributed by atoms with Crippen LogP contribution >= 0.6 is 0 Å². The van der Waals surface area contributed by atoms with Crippen molar-refractivity contribution >= 4 is 47.0 Å². The minimum Gasteiger partial charge on any atom is -0.433 e. The highest BCUT2D eigenvalue weighted by Gasteiger charge is 2.39. The lowest BCUT2D eigenvalue weighted by molar-refractivity contribution is -0.123. The predicted molar refractivity (Wildman–Crippen MR) is 314 cm³/mol. The van der Waals surface area contributed by atoms with Gasteiger partial charge in [-0.2, -0.15) is 0 Å². The van der Waals surface area contributed by atoms with Gasteiger partial charge in [0.2, 0.25) is 6.41 Å². The number of hydrogen-bond donors (Lipinski definition) is 5. The van der Waals surface area contributed by atoms with Crippen molar-refractivity contribution < 1.29 is 67.0 Å². The zero-order chi connectivity index (χ0) is 60.7. The number of aliphatic hydroxyl groups is 1. The molecule has 2 aliphatic rings. The van der Waals surface area contributed by atoms with Crippen LogP contribution in [0.3, 0.4) is 0 Å². The van der Waals surface area contributed by atoms with E-state index in [4.69, 9.17) is 33.5 Å². The second-order valence-corrected chi connectivity index (χ2v) is 21.4. The Morgan fingerprint density at radius 2 is 1.09 bits per heavy atom. The van der Waals surface area contributed by atoms with Crippen molar-refractivity contribution in [3.8, 4) is 24.0 Å². The van der Waals surface area contributed by atoms with E-state index >= 15 is 0 Å². The first-order valence-corrected chi connectivity index (χ1v) is 27.1. The molecule has 6 rings (SSSR count). The summed E-state index contributed by atoms with van der Waals surface area (Å²) in [6, 6.07) is 18.8. The van der Waals surface area contributed by atoms with E-state index in [0.29, 0.717) is 51.5 Å². The second kappa shape index (κ2) is 32.8. The van der Waals surface area contributed by atoms with E-state index in [9.17, 15) is 28.8 Å². The number of ketones is 4. The Balaban J connectivity index is 0.000000630. The Hall–Kier alpha value is -6.50. The Bertz CT molecular complexity index is 2770. The summed E-state index contributed by atoms with van der Waals surface area (Å²) in [6.45, 7) is 24.5. The molecular weight excluding hydrogens is 1040 g/mol. The van der Waals surface area contributed by atoms with Crippen molar-refractivity contribution in [3.63, 3.8) is 0 Å². The number of benzene rings is 4. The molecule has 2 amide bonds. The van der Waals surface area contributed by atoms with Gasteiger partial charge in [-0.3, -0.25) is 39.9 Å². The number of anilines is 2. The fourth-order valence-electron chi connectivity index (χ4n) is 9.81. The van der Waals surface area contributed by atoms with Gasteiger partial charge >= 0.3 is 6.09 Å². The molecule has 442 valence electrons. The molecular formula is C63H86N4O14. The Labute approximate surface area is 479 Å². The molecule has 4 unspecified atom stereocenters. The van der Waals surface area contributed by atoms with Crippen LogP contribution in [0.1, 0.15) is 166 Å². The van der Waals surface area contributed by atoms with E-state index in [2.05, 4.69) is 73.5 Å². The molecule has 0 saturated heterocycles. The molecule has 0 radical (unpaired) electrons. The fourth-order valence-corrected chi connectivity index (χ4v) is 9.81. The first-order chi connectivity index (χ1) is 38.4. The van der Waals surface area contributed by atoms with Crippen LogP contribution in [0, 0.1) is 12.8 Å². The molecule has 5 N–H and O–H groups in total. The summed E-state index contributed by atoms with van der Waals surface area (Å²) in [5.41, 5.74) is -0.294. The number of ether oxygens (including phenoxy) is 7. The number of methoxy groups -OCH3 is 3. The monoisotopic (exact) mass is 1120 g/mol. The van der Waals surface area contributed by atoms with Gasteiger partial charge in [0.25, 0.3) is 0 Å². The van der Waals surface area contributed by atoms with Crippen molar-refractivity contribution in [1.29, 1.82) is 0 Å². The number of amides is 2. The molecule has 4 aromatic rings. The lowest BCUT2D eigenvalue weighted by Crippen LogP contribution is -2.49. The maximum atomic E-state index is 14.4. The first-order valence-electron chi connectivity index (χ1n) is 27.1. The van der Waals surface area contributed by atoms with Crippen LogP contribution < -0.4 is 21.3 Å². The summed E-state index contributed by atoms with van der Waals surface area (Å²) >= 11 is 0. The van der Waals surface area contributed by atoms with Crippen LogP contribution in [0.15, 0.2) is 72.8 Å². The largest absolute Gasteiger partial charge is 0.433 e. The van der Waals surface area contributed by atoms with Crippen LogP contribution in [0.4, 0.5) is 16.2 Å². The predicted octanol–water partition coefficient (Wildman–Crippen LogP) is 9.79. The lowest BCUT2D eigenvalue weighted by Gasteiger charge is -2.37. The summed E-state index contributed by atoms with van der Waals surface area (Å²) in [5, 5.41) is 19.6. The van der Waals surface area contributed by atoms with Gasteiger partial charge in [-0.1, -0.05) is 74.0 Å². The third-order valence-electron chi connectivity index (χ3n) is 13.5. The Kier molecular flexibility index (Phi) is 27.9. The zero-order valence-electron chi connectivity index (χ0n) is 49.8. The topological polar surface area (TPSA) is 235 Å². The molecule has 0 aromatic heterocycles. The Morgan fingerprint density at radius 1 is 0.593 bits per heavy atom. The van der Waals surface area contributed by atoms with E-state index in [1.807, 2.05) is 41.5 Å². The van der Waals surface area contributed by atoms with Crippen molar-refractivity contribution in [2.24, 2.45) is 0 Å². The molecule has 18 nitrogen and oxygen atoms in total. The molecule has 0 saturated carbocycles. The van der Waals surface area contributed by atoms with Gasteiger partial charge in [0.05, 0.1) is 84.7 Å². The number of nitrogens with one attached hydrogen (secondary N) is 4. The summed E-state index contributed by atoms with van der Waals surface area (Å²) in [6.07, 6.45) is 11.6. The molecule has 0 bridgehead atoms. The number of rotatable bonds is 27. The Morgan fingerprint density at radius 3 is 1.54 bits per heavy atom. The first kappa shape index (κ1) is 68.8. The molecule has 18 heteroatoms. The van der Waals surface area contributed by atoms with Crippen molar-refractivity contribution in [2.75, 3.05) is 71.9 Å². The molecule has 0 fully saturated rings. The van der Waals surface area contributed by atoms with E-state index in [1.165, 1.54) is 55.0 Å². The zero-order valence-corrected chi connectivity index (χ0v) is 49.8. The lowest BCUT2D eigenvalue weighted by atomic mass is 9.75. The van der Waals surface area contributed by atoms with Gasteiger partial charge in [0, 0.05) is 73.2 Å². The summed E-state index contributed by atoms with van der Waals surface area (Å²) in [4.78, 5) is 81.6. The molecule has 2 aliphatic carbocycles. The molecule has 4 aromatic carbocycles. The SMILES string of the molecule is C#C.CCCC(C)OC(C)(C)CC(C)NCOC.COCCO.COCCOC(C)(C)CC(C)OC(C)(C)C(C)NCOC(=O)Nc1ccc(-c2ccc(NC=O)c3c2C(=O)c2ccccc2C3=O)c2c1C(=O)c1ccccc1C2=O. The van der Waals surface area contributed by atoms with Gasteiger partial charge in [-0.15, -0.1) is 12.8 Å². The normalized spacial score (nSPS) is 14.1. The third-order valence-corrected chi connectivity index (χ3v) is 13.5. The second-order valence-electron chi connectivity index (χ2n) is 21.4. The maximum Gasteiger partial charge on any atom is 0.412 e. The van der Waals surface area contributed by atoms with Crippen molar-refractivity contribution in [1.82, 2.24) is 10.6 Å².